The van der Waals surface area contributed by atoms with Crippen molar-refractivity contribution in [1.82, 2.24) is 5.32 Å². The summed E-state index contributed by atoms with van der Waals surface area (Å²) in [6.07, 6.45) is 20.9. The number of nitrogens with one attached hydrogen (secondary N) is 2. The van der Waals surface area contributed by atoms with Crippen molar-refractivity contribution in [2.24, 2.45) is 5.41 Å². The SMILES string of the molecule is CCCCCCCCCCCCCC(=O)NC(CC#N)C(=O)Nc1ccc(C=CC2=CC(=C(C#N)C#N)CC(C)(C)C2)cc1. The molecule has 0 radical (unpaired) electrons. The van der Waals surface area contributed by atoms with Gasteiger partial charge in [0.1, 0.15) is 23.8 Å². The predicted octanol–water partition coefficient (Wildman–Crippen LogP) is 8.83. The monoisotopic (exact) mass is 595 g/mol. The van der Waals surface area contributed by atoms with Crippen molar-refractivity contribution in [3.8, 4) is 18.2 Å². The lowest BCUT2D eigenvalue weighted by molar-refractivity contribution is -0.126. The Bertz CT molecular complexity index is 1280. The van der Waals surface area contributed by atoms with Gasteiger partial charge in [0.25, 0.3) is 0 Å². The third-order valence-electron chi connectivity index (χ3n) is 7.88. The molecule has 1 aliphatic rings. The zero-order valence-electron chi connectivity index (χ0n) is 26.9. The van der Waals surface area contributed by atoms with E-state index in [0.29, 0.717) is 18.5 Å². The van der Waals surface area contributed by atoms with E-state index in [1.807, 2.05) is 48.6 Å². The van der Waals surface area contributed by atoms with Crippen molar-refractivity contribution in [3.63, 3.8) is 0 Å². The standard InChI is InChI=1S/C37H49N5O2/c1-4-5-6-7-8-9-10-11-12-13-14-15-35(43)42-34(22-23-38)36(44)41-33-20-18-29(19-21-33)16-17-30-24-31(32(27-39)28-40)26-37(2,3)25-30/h16-21,24,34H,4-15,22,25-26H2,1-3H3,(H,41,44)(H,42,43). The van der Waals surface area contributed by atoms with Crippen molar-refractivity contribution in [2.75, 3.05) is 5.32 Å². The third kappa shape index (κ3) is 13.9. The molecule has 0 spiro atoms. The molecule has 7 heteroatoms. The number of allylic oxidation sites excluding steroid dienone is 5. The second-order valence-electron chi connectivity index (χ2n) is 12.6. The molecule has 0 saturated heterocycles. The van der Waals surface area contributed by atoms with E-state index < -0.39 is 11.9 Å². The number of hydrogen-bond acceptors (Lipinski definition) is 5. The maximum absolute atomic E-state index is 12.9. The van der Waals surface area contributed by atoms with E-state index in [9.17, 15) is 25.4 Å². The maximum Gasteiger partial charge on any atom is 0.248 e. The van der Waals surface area contributed by atoms with Gasteiger partial charge in [-0.1, -0.05) is 115 Å². The number of carbonyl (C=O) groups excluding carboxylic acids is 2. The molecule has 1 atom stereocenters. The fraction of sp³-hybridized carbons (Fsp3) is 0.541. The summed E-state index contributed by atoms with van der Waals surface area (Å²) in [6, 6.07) is 12.4. The Labute approximate surface area is 264 Å². The minimum atomic E-state index is -0.907. The number of nitriles is 3. The van der Waals surface area contributed by atoms with Crippen LogP contribution in [0.1, 0.15) is 123 Å². The van der Waals surface area contributed by atoms with Gasteiger partial charge in [-0.25, -0.2) is 0 Å². The van der Waals surface area contributed by atoms with Gasteiger partial charge in [-0.2, -0.15) is 15.8 Å². The number of anilines is 1. The van der Waals surface area contributed by atoms with Gasteiger partial charge in [-0.05, 0) is 53.5 Å². The van der Waals surface area contributed by atoms with Crippen LogP contribution in [0.2, 0.25) is 0 Å². The number of rotatable bonds is 18. The molecule has 0 saturated carbocycles. The molecule has 1 aliphatic carbocycles. The molecule has 0 bridgehead atoms. The topological polar surface area (TPSA) is 130 Å². The van der Waals surface area contributed by atoms with Crippen LogP contribution in [-0.4, -0.2) is 17.9 Å². The molecule has 2 amide bonds. The minimum Gasteiger partial charge on any atom is -0.343 e. The zero-order chi connectivity index (χ0) is 32.2. The van der Waals surface area contributed by atoms with Crippen LogP contribution in [0.15, 0.2) is 53.1 Å². The fourth-order valence-electron chi connectivity index (χ4n) is 5.52. The van der Waals surface area contributed by atoms with Crippen molar-refractivity contribution in [3.05, 3.63) is 58.7 Å². The number of nitrogens with zero attached hydrogens (tertiary/aromatic N) is 3. The summed E-state index contributed by atoms with van der Waals surface area (Å²) >= 11 is 0. The highest BCUT2D eigenvalue weighted by Crippen LogP contribution is 2.39. The minimum absolute atomic E-state index is 0.0564. The van der Waals surface area contributed by atoms with E-state index in [1.165, 1.54) is 51.4 Å². The van der Waals surface area contributed by atoms with E-state index in [4.69, 9.17) is 0 Å². The van der Waals surface area contributed by atoms with Crippen molar-refractivity contribution >= 4 is 23.6 Å². The van der Waals surface area contributed by atoms with Crippen LogP contribution in [0.4, 0.5) is 5.69 Å². The van der Waals surface area contributed by atoms with Crippen LogP contribution in [0.25, 0.3) is 6.08 Å². The molecule has 7 nitrogen and oxygen atoms in total. The van der Waals surface area contributed by atoms with E-state index >= 15 is 0 Å². The molecule has 0 aliphatic heterocycles. The lowest BCUT2D eigenvalue weighted by Crippen LogP contribution is -2.43. The first-order valence-electron chi connectivity index (χ1n) is 16.2. The molecule has 1 unspecified atom stereocenters. The van der Waals surface area contributed by atoms with Gasteiger partial charge in [-0.3, -0.25) is 9.59 Å². The summed E-state index contributed by atoms with van der Waals surface area (Å²) in [5.41, 5.74) is 3.41. The summed E-state index contributed by atoms with van der Waals surface area (Å²) < 4.78 is 0. The molecule has 0 aromatic heterocycles. The molecule has 234 valence electrons. The Balaban J connectivity index is 1.82. The van der Waals surface area contributed by atoms with Gasteiger partial charge in [0.05, 0.1) is 12.5 Å². The molecule has 1 aromatic carbocycles. The highest BCUT2D eigenvalue weighted by atomic mass is 16.2. The zero-order valence-corrected chi connectivity index (χ0v) is 26.9. The molecule has 2 rings (SSSR count). The molecular weight excluding hydrogens is 546 g/mol. The van der Waals surface area contributed by atoms with E-state index in [-0.39, 0.29) is 23.3 Å². The van der Waals surface area contributed by atoms with Crippen molar-refractivity contribution in [2.45, 2.75) is 123 Å². The van der Waals surface area contributed by atoms with Crippen LogP contribution < -0.4 is 10.6 Å². The summed E-state index contributed by atoms with van der Waals surface area (Å²) in [5, 5.41) is 33.3. The molecule has 0 fully saturated rings. The molecule has 2 N–H and O–H groups in total. The van der Waals surface area contributed by atoms with Gasteiger partial charge in [0.15, 0.2) is 0 Å². The lowest BCUT2D eigenvalue weighted by atomic mass is 9.74. The van der Waals surface area contributed by atoms with E-state index in [1.54, 1.807) is 12.1 Å². The smallest absolute Gasteiger partial charge is 0.248 e. The average molecular weight is 596 g/mol. The predicted molar refractivity (Wildman–Crippen MR) is 177 cm³/mol. The Hall–Kier alpha value is -4.15. The molecule has 0 heterocycles. The van der Waals surface area contributed by atoms with E-state index in [2.05, 4.69) is 31.4 Å². The highest BCUT2D eigenvalue weighted by Gasteiger charge is 2.26. The van der Waals surface area contributed by atoms with Crippen LogP contribution in [0.5, 0.6) is 0 Å². The Morgan fingerprint density at radius 3 is 2.02 bits per heavy atom. The third-order valence-corrected chi connectivity index (χ3v) is 7.88. The van der Waals surface area contributed by atoms with Crippen LogP contribution in [-0.2, 0) is 9.59 Å². The van der Waals surface area contributed by atoms with Crippen LogP contribution in [0, 0.1) is 39.4 Å². The summed E-state index contributed by atoms with van der Waals surface area (Å²) in [5.74, 6) is -0.617. The summed E-state index contributed by atoms with van der Waals surface area (Å²) in [7, 11) is 0. The first-order chi connectivity index (χ1) is 21.2. The Morgan fingerprint density at radius 1 is 0.864 bits per heavy atom. The number of unbranched alkanes of at least 4 members (excludes halogenated alkanes) is 10. The van der Waals surface area contributed by atoms with Crippen LogP contribution >= 0.6 is 0 Å². The van der Waals surface area contributed by atoms with Gasteiger partial charge in [-0.15, -0.1) is 0 Å². The lowest BCUT2D eigenvalue weighted by Gasteiger charge is -2.30. The maximum atomic E-state index is 12.9. The second-order valence-corrected chi connectivity index (χ2v) is 12.6. The van der Waals surface area contributed by atoms with E-state index in [0.717, 1.165) is 42.4 Å². The molecule has 44 heavy (non-hydrogen) atoms. The van der Waals surface area contributed by atoms with Crippen LogP contribution in [0.3, 0.4) is 0 Å². The fourth-order valence-corrected chi connectivity index (χ4v) is 5.52. The first kappa shape index (κ1) is 36.0. The largest absolute Gasteiger partial charge is 0.343 e. The summed E-state index contributed by atoms with van der Waals surface area (Å²) in [4.78, 5) is 25.3. The highest BCUT2D eigenvalue weighted by molar-refractivity contribution is 5.97. The van der Waals surface area contributed by atoms with Gasteiger partial charge in [0.2, 0.25) is 11.8 Å². The normalized spacial score (nSPS) is 14.5. The average Bonchev–Trinajstić information content (AvgIpc) is 2.99. The first-order valence-corrected chi connectivity index (χ1v) is 16.2. The van der Waals surface area contributed by atoms with Crippen molar-refractivity contribution in [1.29, 1.82) is 15.8 Å². The number of hydrogen-bond donors (Lipinski definition) is 2. The Morgan fingerprint density at radius 2 is 1.45 bits per heavy atom. The van der Waals surface area contributed by atoms with Crippen molar-refractivity contribution < 1.29 is 9.59 Å². The summed E-state index contributed by atoms with van der Waals surface area (Å²) in [6.45, 7) is 6.48. The second kappa shape index (κ2) is 19.9. The number of amides is 2. The number of benzene rings is 1. The molecule has 1 aromatic rings. The Kier molecular flexibility index (Phi) is 16.3. The quantitative estimate of drug-likeness (QED) is 0.129. The van der Waals surface area contributed by atoms with Gasteiger partial charge in [0, 0.05) is 12.1 Å². The van der Waals surface area contributed by atoms with Gasteiger partial charge >= 0.3 is 0 Å². The number of carbonyl (C=O) groups is 2. The molecular formula is C37H49N5O2. The van der Waals surface area contributed by atoms with Gasteiger partial charge < -0.3 is 10.6 Å².